The van der Waals surface area contributed by atoms with E-state index in [1.807, 2.05) is 51.1 Å². The van der Waals surface area contributed by atoms with Crippen LogP contribution in [0.3, 0.4) is 0 Å². The molecule has 0 saturated heterocycles. The van der Waals surface area contributed by atoms with Crippen molar-refractivity contribution in [3.8, 4) is 5.75 Å². The Morgan fingerprint density at radius 1 is 0.872 bits per heavy atom. The van der Waals surface area contributed by atoms with Crippen molar-refractivity contribution in [3.63, 3.8) is 0 Å². The van der Waals surface area contributed by atoms with E-state index in [1.165, 1.54) is 23.1 Å². The number of para-hydroxylation sites is 2. The number of nitrogens with one attached hydrogen (secondary N) is 1. The monoisotopic (exact) mass is 659 g/mol. The van der Waals surface area contributed by atoms with Gasteiger partial charge >= 0.3 is 0 Å². The second kappa shape index (κ2) is 16.2. The number of ether oxygens (including phenoxy) is 1. The van der Waals surface area contributed by atoms with Gasteiger partial charge in [0.1, 0.15) is 24.2 Å². The van der Waals surface area contributed by atoms with Crippen LogP contribution in [0, 0.1) is 18.7 Å². The molecule has 4 aromatic rings. The Morgan fingerprint density at radius 3 is 2.17 bits per heavy atom. The van der Waals surface area contributed by atoms with Crippen LogP contribution >= 0.6 is 0 Å². The van der Waals surface area contributed by atoms with Crippen molar-refractivity contribution in [2.24, 2.45) is 5.92 Å². The molecule has 2 amide bonds. The van der Waals surface area contributed by atoms with Gasteiger partial charge in [-0.15, -0.1) is 0 Å². The van der Waals surface area contributed by atoms with Crippen molar-refractivity contribution in [3.05, 3.63) is 126 Å². The predicted molar refractivity (Wildman–Crippen MR) is 182 cm³/mol. The molecule has 1 unspecified atom stereocenters. The zero-order valence-corrected chi connectivity index (χ0v) is 28.0. The van der Waals surface area contributed by atoms with E-state index >= 15 is 4.39 Å². The summed E-state index contributed by atoms with van der Waals surface area (Å²) in [7, 11) is -4.32. The standard InChI is InChI=1S/C37H42FN3O5S/c1-5-46-35-18-12-11-17-33(35)41(47(44,45)31-21-19-28(4)20-22-31)26-36(42)40(25-30-15-9-10-16-32(30)38)34(37(43)39-24-27(2)3)23-29-13-7-6-8-14-29/h6-22,27,34H,5,23-26H2,1-4H3,(H,39,43). The smallest absolute Gasteiger partial charge is 0.264 e. The minimum absolute atomic E-state index is 0.0154. The molecular weight excluding hydrogens is 617 g/mol. The predicted octanol–water partition coefficient (Wildman–Crippen LogP) is 6.14. The maximum atomic E-state index is 15.1. The van der Waals surface area contributed by atoms with Crippen molar-refractivity contribution in [1.29, 1.82) is 0 Å². The van der Waals surface area contributed by atoms with Gasteiger partial charge in [0.25, 0.3) is 10.0 Å². The average Bonchev–Trinajstić information content (AvgIpc) is 3.06. The molecule has 0 spiro atoms. The SMILES string of the molecule is CCOc1ccccc1N(CC(=O)N(Cc1ccccc1F)C(Cc1ccccc1)C(=O)NCC(C)C)S(=O)(=O)c1ccc(C)cc1. The van der Waals surface area contributed by atoms with E-state index in [2.05, 4.69) is 5.32 Å². The van der Waals surface area contributed by atoms with Crippen molar-refractivity contribution in [1.82, 2.24) is 10.2 Å². The van der Waals surface area contributed by atoms with Gasteiger partial charge in [-0.3, -0.25) is 13.9 Å². The Hall–Kier alpha value is -4.70. The maximum Gasteiger partial charge on any atom is 0.264 e. The van der Waals surface area contributed by atoms with Crippen LogP contribution in [0.25, 0.3) is 0 Å². The summed E-state index contributed by atoms with van der Waals surface area (Å²) in [6.45, 7) is 7.23. The van der Waals surface area contributed by atoms with E-state index in [0.29, 0.717) is 6.54 Å². The molecule has 0 saturated carbocycles. The van der Waals surface area contributed by atoms with Gasteiger partial charge in [0, 0.05) is 25.1 Å². The van der Waals surface area contributed by atoms with Crippen LogP contribution in [0.2, 0.25) is 0 Å². The zero-order chi connectivity index (χ0) is 34.0. The molecule has 0 bridgehead atoms. The van der Waals surface area contributed by atoms with Gasteiger partial charge in [-0.05, 0) is 55.7 Å². The highest BCUT2D eigenvalue weighted by Crippen LogP contribution is 2.33. The third kappa shape index (κ3) is 9.19. The van der Waals surface area contributed by atoms with Crippen LogP contribution in [-0.4, -0.2) is 50.9 Å². The van der Waals surface area contributed by atoms with Gasteiger partial charge in [-0.25, -0.2) is 12.8 Å². The molecule has 1 N–H and O–H groups in total. The summed E-state index contributed by atoms with van der Waals surface area (Å²) >= 11 is 0. The van der Waals surface area contributed by atoms with Crippen molar-refractivity contribution in [2.75, 3.05) is 24.0 Å². The first-order chi connectivity index (χ1) is 22.5. The molecule has 0 fully saturated rings. The second-order valence-electron chi connectivity index (χ2n) is 11.7. The molecule has 8 nitrogen and oxygen atoms in total. The fourth-order valence-corrected chi connectivity index (χ4v) is 6.50. The molecule has 0 heterocycles. The van der Waals surface area contributed by atoms with Crippen LogP contribution in [0.15, 0.2) is 108 Å². The fourth-order valence-electron chi connectivity index (χ4n) is 5.08. The minimum atomic E-state index is -4.32. The quantitative estimate of drug-likeness (QED) is 0.166. The highest BCUT2D eigenvalue weighted by atomic mass is 32.2. The number of benzene rings is 4. The number of hydrogen-bond donors (Lipinski definition) is 1. The summed E-state index contributed by atoms with van der Waals surface area (Å²) in [6.07, 6.45) is 0.130. The molecule has 0 aliphatic heterocycles. The molecule has 248 valence electrons. The highest BCUT2D eigenvalue weighted by Gasteiger charge is 2.36. The number of halogens is 1. The maximum absolute atomic E-state index is 15.1. The third-order valence-electron chi connectivity index (χ3n) is 7.58. The first-order valence-electron chi connectivity index (χ1n) is 15.7. The second-order valence-corrected chi connectivity index (χ2v) is 13.5. The molecule has 0 aromatic heterocycles. The molecular formula is C37H42FN3O5S. The minimum Gasteiger partial charge on any atom is -0.492 e. The van der Waals surface area contributed by atoms with Gasteiger partial charge < -0.3 is 15.0 Å². The number of carbonyl (C=O) groups excluding carboxylic acids is 2. The summed E-state index contributed by atoms with van der Waals surface area (Å²) in [5.41, 5.74) is 2.01. The molecule has 47 heavy (non-hydrogen) atoms. The number of nitrogens with zero attached hydrogens (tertiary/aromatic N) is 2. The lowest BCUT2D eigenvalue weighted by Crippen LogP contribution is -2.53. The summed E-state index contributed by atoms with van der Waals surface area (Å²) in [4.78, 5) is 29.7. The molecule has 4 aromatic carbocycles. The Balaban J connectivity index is 1.84. The summed E-state index contributed by atoms with van der Waals surface area (Å²) in [5.74, 6) is -1.24. The molecule has 0 aliphatic rings. The number of rotatable bonds is 15. The third-order valence-corrected chi connectivity index (χ3v) is 9.35. The lowest BCUT2D eigenvalue weighted by Gasteiger charge is -2.34. The number of sulfonamides is 1. The normalized spacial score (nSPS) is 12.0. The van der Waals surface area contributed by atoms with E-state index in [1.54, 1.807) is 61.5 Å². The van der Waals surface area contributed by atoms with Crippen LogP contribution in [0.4, 0.5) is 10.1 Å². The zero-order valence-electron chi connectivity index (χ0n) is 27.2. The lowest BCUT2D eigenvalue weighted by molar-refractivity contribution is -0.140. The first kappa shape index (κ1) is 35.2. The van der Waals surface area contributed by atoms with E-state index < -0.39 is 40.2 Å². The number of anilines is 1. The van der Waals surface area contributed by atoms with Crippen LogP contribution in [0.5, 0.6) is 5.75 Å². The number of carbonyl (C=O) groups is 2. The van der Waals surface area contributed by atoms with Crippen LogP contribution < -0.4 is 14.4 Å². The Kier molecular flexibility index (Phi) is 12.1. The van der Waals surface area contributed by atoms with Gasteiger partial charge in [0.2, 0.25) is 11.8 Å². The fraction of sp³-hybridized carbons (Fsp3) is 0.297. The van der Waals surface area contributed by atoms with E-state index in [4.69, 9.17) is 4.74 Å². The van der Waals surface area contributed by atoms with Gasteiger partial charge in [-0.2, -0.15) is 0 Å². The lowest BCUT2D eigenvalue weighted by atomic mass is 10.0. The Morgan fingerprint density at radius 2 is 1.51 bits per heavy atom. The number of aryl methyl sites for hydroxylation is 1. The van der Waals surface area contributed by atoms with Crippen molar-refractivity contribution in [2.45, 2.75) is 51.6 Å². The van der Waals surface area contributed by atoms with Gasteiger partial charge in [-0.1, -0.05) is 92.2 Å². The average molecular weight is 660 g/mol. The molecule has 0 aliphatic carbocycles. The van der Waals surface area contributed by atoms with Crippen molar-refractivity contribution >= 4 is 27.5 Å². The molecule has 0 radical (unpaired) electrons. The highest BCUT2D eigenvalue weighted by molar-refractivity contribution is 7.92. The summed E-state index contributed by atoms with van der Waals surface area (Å²) in [5, 5.41) is 2.93. The van der Waals surface area contributed by atoms with Gasteiger partial charge in [0.05, 0.1) is 17.2 Å². The Bertz CT molecular complexity index is 1750. The van der Waals surface area contributed by atoms with Crippen molar-refractivity contribution < 1.29 is 27.1 Å². The molecule has 4 rings (SSSR count). The van der Waals surface area contributed by atoms with E-state index in [9.17, 15) is 18.0 Å². The molecule has 1 atom stereocenters. The Labute approximate surface area is 277 Å². The van der Waals surface area contributed by atoms with E-state index in [0.717, 1.165) is 15.4 Å². The van der Waals surface area contributed by atoms with Gasteiger partial charge in [0.15, 0.2) is 0 Å². The molecule has 10 heteroatoms. The van der Waals surface area contributed by atoms with E-state index in [-0.39, 0.29) is 47.4 Å². The van der Waals surface area contributed by atoms with Crippen LogP contribution in [-0.2, 0) is 32.6 Å². The number of hydrogen-bond acceptors (Lipinski definition) is 5. The topological polar surface area (TPSA) is 96.0 Å². The summed E-state index contributed by atoms with van der Waals surface area (Å²) in [6, 6.07) is 27.1. The summed E-state index contributed by atoms with van der Waals surface area (Å²) < 4.78 is 50.5. The number of amides is 2. The first-order valence-corrected chi connectivity index (χ1v) is 17.1. The van der Waals surface area contributed by atoms with Crippen LogP contribution in [0.1, 0.15) is 37.5 Å². The largest absolute Gasteiger partial charge is 0.492 e.